The number of ether oxygens (including phenoxy) is 1. The van der Waals surface area contributed by atoms with E-state index in [-0.39, 0.29) is 24.4 Å². The van der Waals surface area contributed by atoms with E-state index < -0.39 is 17.5 Å². The Labute approximate surface area is 160 Å². The van der Waals surface area contributed by atoms with Crippen molar-refractivity contribution < 1.29 is 22.7 Å². The Bertz CT molecular complexity index is 1010. The molecule has 1 aromatic heterocycles. The van der Waals surface area contributed by atoms with Crippen molar-refractivity contribution in [3.8, 4) is 17.0 Å². The second-order valence-corrected chi connectivity index (χ2v) is 6.10. The number of amides is 1. The van der Waals surface area contributed by atoms with Gasteiger partial charge in [-0.2, -0.15) is 0 Å². The predicted octanol–water partition coefficient (Wildman–Crippen LogP) is 4.03. The molecule has 3 rings (SSSR count). The molecule has 7 heteroatoms. The second kappa shape index (κ2) is 8.56. The molecule has 1 amide bonds. The van der Waals surface area contributed by atoms with Gasteiger partial charge in [0.05, 0.1) is 13.5 Å². The lowest BCUT2D eigenvalue weighted by atomic mass is 10.0. The fourth-order valence-electron chi connectivity index (χ4n) is 2.65. The first-order valence-electron chi connectivity index (χ1n) is 8.45. The lowest BCUT2D eigenvalue weighted by Crippen LogP contribution is -2.25. The maximum Gasteiger partial charge on any atom is 0.224 e. The maximum absolute atomic E-state index is 14.4. The molecule has 0 fully saturated rings. The first-order valence-corrected chi connectivity index (χ1v) is 8.45. The molecule has 0 saturated carbocycles. The number of methoxy groups -OCH3 is 1. The number of halogens is 3. The van der Waals surface area contributed by atoms with Gasteiger partial charge in [0.1, 0.15) is 5.82 Å². The molecule has 2 aromatic carbocycles. The Balaban J connectivity index is 1.65. The zero-order chi connectivity index (χ0) is 20.1. The Morgan fingerprint density at radius 3 is 2.36 bits per heavy atom. The van der Waals surface area contributed by atoms with Crippen LogP contribution in [0.4, 0.5) is 13.2 Å². The largest absolute Gasteiger partial charge is 0.481 e. The van der Waals surface area contributed by atoms with E-state index in [4.69, 9.17) is 4.74 Å². The summed E-state index contributed by atoms with van der Waals surface area (Å²) in [7, 11) is 1.50. The molecule has 0 radical (unpaired) electrons. The first kappa shape index (κ1) is 19.4. The number of pyridine rings is 1. The number of nitrogens with one attached hydrogen (secondary N) is 1. The second-order valence-electron chi connectivity index (χ2n) is 6.10. The Morgan fingerprint density at radius 1 is 0.964 bits per heavy atom. The lowest BCUT2D eigenvalue weighted by molar-refractivity contribution is -0.120. The summed E-state index contributed by atoms with van der Waals surface area (Å²) >= 11 is 0. The molecule has 3 aromatic rings. The third kappa shape index (κ3) is 4.68. The smallest absolute Gasteiger partial charge is 0.224 e. The summed E-state index contributed by atoms with van der Waals surface area (Å²) in [4.78, 5) is 16.1. The summed E-state index contributed by atoms with van der Waals surface area (Å²) in [6.45, 7) is 0.256. The van der Waals surface area contributed by atoms with Gasteiger partial charge in [-0.3, -0.25) is 4.79 Å². The van der Waals surface area contributed by atoms with Gasteiger partial charge in [-0.1, -0.05) is 18.2 Å². The van der Waals surface area contributed by atoms with Crippen LogP contribution >= 0.6 is 0 Å². The normalized spacial score (nSPS) is 10.6. The van der Waals surface area contributed by atoms with Gasteiger partial charge in [0.2, 0.25) is 11.8 Å². The average molecular weight is 386 g/mol. The molecular formula is C21H17F3N2O2. The Morgan fingerprint density at radius 2 is 1.68 bits per heavy atom. The van der Waals surface area contributed by atoms with Crippen LogP contribution in [-0.2, 0) is 17.8 Å². The molecule has 0 aliphatic rings. The standard InChI is InChI=1S/C21H17F3N2O2/c1-28-21-8-13(6-7-25-21)12-26-20(27)11-16-3-2-14(9-18(16)23)15-4-5-17(22)19(24)10-15/h2-10H,11-12H2,1H3,(H,26,27). The molecular weight excluding hydrogens is 369 g/mol. The van der Waals surface area contributed by atoms with E-state index in [0.29, 0.717) is 17.0 Å². The summed E-state index contributed by atoms with van der Waals surface area (Å²) in [6, 6.07) is 11.0. The third-order valence-corrected chi connectivity index (χ3v) is 4.16. The van der Waals surface area contributed by atoms with E-state index in [1.807, 2.05) is 0 Å². The van der Waals surface area contributed by atoms with Gasteiger partial charge < -0.3 is 10.1 Å². The number of carbonyl (C=O) groups is 1. The van der Waals surface area contributed by atoms with Crippen LogP contribution in [0.1, 0.15) is 11.1 Å². The number of nitrogens with zero attached hydrogens (tertiary/aromatic N) is 1. The highest BCUT2D eigenvalue weighted by Gasteiger charge is 2.11. The summed E-state index contributed by atoms with van der Waals surface area (Å²) < 4.78 is 45.8. The molecule has 0 spiro atoms. The summed E-state index contributed by atoms with van der Waals surface area (Å²) in [5.41, 5.74) is 1.75. The zero-order valence-corrected chi connectivity index (χ0v) is 15.0. The van der Waals surface area contributed by atoms with Crippen LogP contribution in [0.5, 0.6) is 5.88 Å². The van der Waals surface area contributed by atoms with Crippen molar-refractivity contribution in [3.63, 3.8) is 0 Å². The first-order chi connectivity index (χ1) is 13.5. The Kier molecular flexibility index (Phi) is 5.93. The minimum absolute atomic E-state index is 0.147. The van der Waals surface area contributed by atoms with E-state index in [0.717, 1.165) is 17.7 Å². The number of hydrogen-bond acceptors (Lipinski definition) is 3. The maximum atomic E-state index is 14.4. The van der Waals surface area contributed by atoms with Crippen LogP contribution in [0, 0.1) is 17.5 Å². The van der Waals surface area contributed by atoms with Crippen molar-refractivity contribution in [2.45, 2.75) is 13.0 Å². The highest BCUT2D eigenvalue weighted by molar-refractivity contribution is 5.79. The van der Waals surface area contributed by atoms with E-state index in [9.17, 15) is 18.0 Å². The van der Waals surface area contributed by atoms with Crippen LogP contribution in [0.15, 0.2) is 54.7 Å². The van der Waals surface area contributed by atoms with Gasteiger partial charge in [0, 0.05) is 18.8 Å². The van der Waals surface area contributed by atoms with Crippen LogP contribution < -0.4 is 10.1 Å². The van der Waals surface area contributed by atoms with E-state index in [1.54, 1.807) is 24.4 Å². The van der Waals surface area contributed by atoms with E-state index in [1.165, 1.54) is 25.3 Å². The van der Waals surface area contributed by atoms with Gasteiger partial charge >= 0.3 is 0 Å². The van der Waals surface area contributed by atoms with Gasteiger partial charge in [0.15, 0.2) is 11.6 Å². The van der Waals surface area contributed by atoms with Crippen LogP contribution in [0.3, 0.4) is 0 Å². The summed E-state index contributed by atoms with van der Waals surface area (Å²) in [5, 5.41) is 2.71. The zero-order valence-electron chi connectivity index (χ0n) is 15.0. The average Bonchev–Trinajstić information content (AvgIpc) is 2.70. The number of hydrogen-bond donors (Lipinski definition) is 1. The SMILES string of the molecule is COc1cc(CNC(=O)Cc2ccc(-c3ccc(F)c(F)c3)cc2F)ccn1. The van der Waals surface area contributed by atoms with Crippen molar-refractivity contribution in [2.75, 3.05) is 7.11 Å². The number of rotatable bonds is 6. The number of aromatic nitrogens is 1. The quantitative estimate of drug-likeness (QED) is 0.696. The fourth-order valence-corrected chi connectivity index (χ4v) is 2.65. The van der Waals surface area contributed by atoms with Gasteiger partial charge in [0.25, 0.3) is 0 Å². The van der Waals surface area contributed by atoms with E-state index in [2.05, 4.69) is 10.3 Å². The minimum atomic E-state index is -1.01. The van der Waals surface area contributed by atoms with Crippen molar-refractivity contribution in [2.24, 2.45) is 0 Å². The van der Waals surface area contributed by atoms with Crippen molar-refractivity contribution in [1.29, 1.82) is 0 Å². The van der Waals surface area contributed by atoms with Crippen LogP contribution in [0.2, 0.25) is 0 Å². The van der Waals surface area contributed by atoms with Gasteiger partial charge in [-0.15, -0.1) is 0 Å². The van der Waals surface area contributed by atoms with Gasteiger partial charge in [-0.25, -0.2) is 18.2 Å². The topological polar surface area (TPSA) is 51.2 Å². The lowest BCUT2D eigenvalue weighted by Gasteiger charge is -2.09. The molecule has 0 unspecified atom stereocenters. The monoisotopic (exact) mass is 386 g/mol. The van der Waals surface area contributed by atoms with Gasteiger partial charge in [-0.05, 0) is 46.5 Å². The predicted molar refractivity (Wildman–Crippen MR) is 98.1 cm³/mol. The number of benzene rings is 2. The minimum Gasteiger partial charge on any atom is -0.481 e. The molecule has 144 valence electrons. The van der Waals surface area contributed by atoms with Crippen molar-refractivity contribution in [3.05, 3.63) is 83.3 Å². The van der Waals surface area contributed by atoms with Crippen molar-refractivity contribution >= 4 is 5.91 Å². The number of carbonyl (C=O) groups excluding carboxylic acids is 1. The molecule has 0 aliphatic heterocycles. The highest BCUT2D eigenvalue weighted by atomic mass is 19.2. The molecule has 1 heterocycles. The molecule has 1 N–H and O–H groups in total. The highest BCUT2D eigenvalue weighted by Crippen LogP contribution is 2.24. The summed E-state index contributed by atoms with van der Waals surface area (Å²) in [6.07, 6.45) is 1.42. The molecule has 28 heavy (non-hydrogen) atoms. The van der Waals surface area contributed by atoms with Crippen LogP contribution in [-0.4, -0.2) is 18.0 Å². The fraction of sp³-hybridized carbons (Fsp3) is 0.143. The van der Waals surface area contributed by atoms with Crippen LogP contribution in [0.25, 0.3) is 11.1 Å². The molecule has 0 atom stereocenters. The van der Waals surface area contributed by atoms with Crippen molar-refractivity contribution in [1.82, 2.24) is 10.3 Å². The third-order valence-electron chi connectivity index (χ3n) is 4.16. The molecule has 4 nitrogen and oxygen atoms in total. The summed E-state index contributed by atoms with van der Waals surface area (Å²) in [5.74, 6) is -2.48. The molecule has 0 bridgehead atoms. The Hall–Kier alpha value is -3.35. The molecule has 0 saturated heterocycles. The molecule has 0 aliphatic carbocycles. The van der Waals surface area contributed by atoms with E-state index >= 15 is 0 Å².